The minimum atomic E-state index is 0.295. The molecule has 3 N–H and O–H groups in total. The standard InChI is InChI=1S/C17H18N2S/c1-12-7-9-14(10-8-12)16-11-15(19-17(18)20-16)13-5-3-2-4-6-13/h2-10,15-16H,11H2,1H3,(H2,18,19)/p+1/t15-,16+/m0/s1. The predicted octanol–water partition coefficient (Wildman–Crippen LogP) is 2.31. The molecule has 2 aromatic carbocycles. The third kappa shape index (κ3) is 2.88. The molecule has 2 aromatic rings. The second-order valence-corrected chi connectivity index (χ2v) is 6.47. The van der Waals surface area contributed by atoms with Crippen LogP contribution in [0.3, 0.4) is 0 Å². The normalized spacial score (nSPS) is 22.4. The van der Waals surface area contributed by atoms with E-state index in [0.29, 0.717) is 11.3 Å². The van der Waals surface area contributed by atoms with E-state index in [0.717, 1.165) is 11.6 Å². The third-order valence-electron chi connectivity index (χ3n) is 3.69. The summed E-state index contributed by atoms with van der Waals surface area (Å²) in [5.41, 5.74) is 10.0. The van der Waals surface area contributed by atoms with Crippen LogP contribution in [0, 0.1) is 6.92 Å². The first-order valence-corrected chi connectivity index (χ1v) is 7.77. The van der Waals surface area contributed by atoms with E-state index in [1.54, 1.807) is 11.8 Å². The van der Waals surface area contributed by atoms with E-state index < -0.39 is 0 Å². The number of nitrogens with two attached hydrogens (primary N) is 1. The average Bonchev–Trinajstić information content (AvgIpc) is 2.48. The van der Waals surface area contributed by atoms with Gasteiger partial charge in [0.25, 0.3) is 0 Å². The molecule has 0 aromatic heterocycles. The summed E-state index contributed by atoms with van der Waals surface area (Å²) in [5, 5.41) is 1.23. The van der Waals surface area contributed by atoms with Gasteiger partial charge >= 0.3 is 5.17 Å². The summed E-state index contributed by atoms with van der Waals surface area (Å²) in [6, 6.07) is 19.6. The predicted molar refractivity (Wildman–Crippen MR) is 85.5 cm³/mol. The topological polar surface area (TPSA) is 40.0 Å². The van der Waals surface area contributed by atoms with Gasteiger partial charge in [0.15, 0.2) is 0 Å². The van der Waals surface area contributed by atoms with Crippen LogP contribution < -0.4 is 10.7 Å². The number of nitrogens with one attached hydrogen (secondary N) is 1. The number of hydrogen-bond acceptors (Lipinski definition) is 2. The van der Waals surface area contributed by atoms with Crippen molar-refractivity contribution in [3.05, 3.63) is 71.3 Å². The minimum absolute atomic E-state index is 0.295. The first kappa shape index (κ1) is 13.3. The summed E-state index contributed by atoms with van der Waals surface area (Å²) in [6.07, 6.45) is 1.05. The second kappa shape index (κ2) is 5.71. The lowest BCUT2D eigenvalue weighted by Gasteiger charge is -2.23. The molecule has 0 radical (unpaired) electrons. The lowest BCUT2D eigenvalue weighted by molar-refractivity contribution is -0.511. The lowest BCUT2D eigenvalue weighted by Crippen LogP contribution is -2.77. The van der Waals surface area contributed by atoms with Crippen LogP contribution >= 0.6 is 11.8 Å². The van der Waals surface area contributed by atoms with E-state index in [4.69, 9.17) is 5.73 Å². The van der Waals surface area contributed by atoms with Crippen LogP contribution in [0.15, 0.2) is 54.6 Å². The molecule has 3 rings (SSSR count). The summed E-state index contributed by atoms with van der Waals surface area (Å²) >= 11 is 1.73. The first-order valence-electron chi connectivity index (χ1n) is 6.89. The Kier molecular flexibility index (Phi) is 3.79. The van der Waals surface area contributed by atoms with Gasteiger partial charge in [-0.1, -0.05) is 60.2 Å². The number of amidine groups is 1. The largest absolute Gasteiger partial charge is 0.303 e. The fourth-order valence-corrected chi connectivity index (χ4v) is 3.67. The van der Waals surface area contributed by atoms with Gasteiger partial charge in [-0.05, 0) is 29.8 Å². The summed E-state index contributed by atoms with van der Waals surface area (Å²) in [7, 11) is 0. The van der Waals surface area contributed by atoms with Crippen LogP contribution in [0.25, 0.3) is 0 Å². The van der Waals surface area contributed by atoms with Crippen LogP contribution in [0.1, 0.15) is 34.4 Å². The zero-order valence-electron chi connectivity index (χ0n) is 11.5. The van der Waals surface area contributed by atoms with E-state index in [1.807, 2.05) is 6.07 Å². The number of hydrogen-bond donors (Lipinski definition) is 2. The number of aryl methyl sites for hydroxylation is 1. The fourth-order valence-electron chi connectivity index (χ4n) is 2.57. The van der Waals surface area contributed by atoms with Gasteiger partial charge in [-0.2, -0.15) is 0 Å². The Labute approximate surface area is 124 Å². The van der Waals surface area contributed by atoms with E-state index in [2.05, 4.69) is 60.4 Å². The first-order chi connectivity index (χ1) is 9.72. The van der Waals surface area contributed by atoms with Gasteiger partial charge in [-0.3, -0.25) is 10.7 Å². The highest BCUT2D eigenvalue weighted by atomic mass is 32.2. The Morgan fingerprint density at radius 1 is 1.00 bits per heavy atom. The zero-order chi connectivity index (χ0) is 13.9. The van der Waals surface area contributed by atoms with Gasteiger partial charge in [-0.25, -0.2) is 0 Å². The maximum atomic E-state index is 6.09. The van der Waals surface area contributed by atoms with E-state index in [9.17, 15) is 0 Å². The molecule has 0 aliphatic carbocycles. The highest BCUT2D eigenvalue weighted by Gasteiger charge is 2.28. The minimum Gasteiger partial charge on any atom is -0.282 e. The van der Waals surface area contributed by atoms with Crippen LogP contribution in [0.5, 0.6) is 0 Å². The lowest BCUT2D eigenvalue weighted by atomic mass is 9.98. The molecule has 2 atom stereocenters. The molecule has 0 spiro atoms. The summed E-state index contributed by atoms with van der Waals surface area (Å²) in [5.74, 6) is 0. The molecule has 2 nitrogen and oxygen atoms in total. The summed E-state index contributed by atoms with van der Waals surface area (Å²) in [4.78, 5) is 3.40. The molecule has 1 aliphatic heterocycles. The van der Waals surface area contributed by atoms with Gasteiger partial charge in [0, 0.05) is 11.7 Å². The van der Waals surface area contributed by atoms with Gasteiger partial charge in [0.2, 0.25) is 0 Å². The molecule has 20 heavy (non-hydrogen) atoms. The number of rotatable bonds is 2. The van der Waals surface area contributed by atoms with E-state index >= 15 is 0 Å². The molecular formula is C17H19N2S+. The molecule has 102 valence electrons. The summed E-state index contributed by atoms with van der Waals surface area (Å²) in [6.45, 7) is 2.12. The molecule has 0 bridgehead atoms. The Bertz CT molecular complexity index is 605. The third-order valence-corrected chi connectivity index (χ3v) is 4.81. The molecule has 0 unspecified atom stereocenters. The van der Waals surface area contributed by atoms with Crippen LogP contribution in [-0.2, 0) is 0 Å². The van der Waals surface area contributed by atoms with Gasteiger partial charge in [-0.15, -0.1) is 0 Å². The fraction of sp³-hybridized carbons (Fsp3) is 0.235. The van der Waals surface area contributed by atoms with Gasteiger partial charge in [0.1, 0.15) is 6.04 Å². The second-order valence-electron chi connectivity index (χ2n) is 5.22. The smallest absolute Gasteiger partial charge is 0.282 e. The van der Waals surface area contributed by atoms with Crippen molar-refractivity contribution >= 4 is 16.9 Å². The Balaban J connectivity index is 1.86. The molecule has 0 amide bonds. The van der Waals surface area contributed by atoms with Crippen molar-refractivity contribution in [3.63, 3.8) is 0 Å². The molecule has 1 heterocycles. The highest BCUT2D eigenvalue weighted by Crippen LogP contribution is 2.37. The van der Waals surface area contributed by atoms with Crippen LogP contribution in [0.4, 0.5) is 0 Å². The van der Waals surface area contributed by atoms with Crippen molar-refractivity contribution in [1.82, 2.24) is 0 Å². The van der Waals surface area contributed by atoms with Gasteiger partial charge < -0.3 is 0 Å². The maximum absolute atomic E-state index is 6.09. The molecular weight excluding hydrogens is 264 g/mol. The maximum Gasteiger partial charge on any atom is 0.303 e. The van der Waals surface area contributed by atoms with E-state index in [-0.39, 0.29) is 0 Å². The molecule has 0 fully saturated rings. The average molecular weight is 283 g/mol. The van der Waals surface area contributed by atoms with Crippen molar-refractivity contribution in [2.75, 3.05) is 0 Å². The molecule has 0 saturated carbocycles. The van der Waals surface area contributed by atoms with Crippen molar-refractivity contribution in [1.29, 1.82) is 0 Å². The quantitative estimate of drug-likeness (QED) is 0.888. The monoisotopic (exact) mass is 283 g/mol. The molecule has 1 aliphatic rings. The zero-order valence-corrected chi connectivity index (χ0v) is 12.4. The Hall–Kier alpha value is -1.74. The number of benzene rings is 2. The van der Waals surface area contributed by atoms with Crippen LogP contribution in [0.2, 0.25) is 0 Å². The Morgan fingerprint density at radius 2 is 1.70 bits per heavy atom. The number of thioether (sulfide) groups is 1. The SMILES string of the molecule is Cc1ccc([C@H]2C[C@@H](c3ccccc3)[NH+]=C(N)S2)cc1. The van der Waals surface area contributed by atoms with Crippen LogP contribution in [-0.4, -0.2) is 5.17 Å². The van der Waals surface area contributed by atoms with Crippen molar-refractivity contribution in [2.45, 2.75) is 24.6 Å². The highest BCUT2D eigenvalue weighted by molar-refractivity contribution is 8.13. The van der Waals surface area contributed by atoms with E-state index in [1.165, 1.54) is 16.7 Å². The van der Waals surface area contributed by atoms with Gasteiger partial charge in [0.05, 0.1) is 0 Å². The summed E-state index contributed by atoms with van der Waals surface area (Å²) < 4.78 is 0. The molecule has 3 heteroatoms. The van der Waals surface area contributed by atoms with Crippen molar-refractivity contribution in [2.24, 2.45) is 5.73 Å². The van der Waals surface area contributed by atoms with Crippen molar-refractivity contribution < 1.29 is 4.99 Å². The Morgan fingerprint density at radius 3 is 2.40 bits per heavy atom. The molecule has 0 saturated heterocycles. The van der Waals surface area contributed by atoms with Crippen molar-refractivity contribution in [3.8, 4) is 0 Å².